The van der Waals surface area contributed by atoms with Gasteiger partial charge in [0.2, 0.25) is 10.0 Å². The first kappa shape index (κ1) is 8.74. The van der Waals surface area contributed by atoms with Gasteiger partial charge in [-0.25, -0.2) is 8.42 Å². The third kappa shape index (κ3) is 1.81. The van der Waals surface area contributed by atoms with Gasteiger partial charge < -0.3 is 0 Å². The van der Waals surface area contributed by atoms with E-state index < -0.39 is 10.0 Å². The van der Waals surface area contributed by atoms with Crippen molar-refractivity contribution in [2.24, 2.45) is 5.92 Å². The van der Waals surface area contributed by atoms with Gasteiger partial charge in [-0.2, -0.15) is 4.31 Å². The summed E-state index contributed by atoms with van der Waals surface area (Å²) < 4.78 is 23.8. The molecule has 1 aliphatic heterocycles. The zero-order valence-corrected chi connectivity index (χ0v) is 7.47. The Bertz CT molecular complexity index is 245. The first-order valence-electron chi connectivity index (χ1n) is 3.69. The van der Waals surface area contributed by atoms with Crippen molar-refractivity contribution in [2.75, 3.05) is 13.1 Å². The number of sulfonamides is 1. The SMILES string of the molecule is C=CS(=O)(=O)N1CCC(C)C1. The second-order valence-electron chi connectivity index (χ2n) is 2.96. The van der Waals surface area contributed by atoms with Gasteiger partial charge in [-0.3, -0.25) is 0 Å². The Balaban J connectivity index is 2.71. The molecule has 64 valence electrons. The Hall–Kier alpha value is -0.350. The minimum absolute atomic E-state index is 0.490. The third-order valence-corrected chi connectivity index (χ3v) is 3.43. The molecule has 0 amide bonds. The van der Waals surface area contributed by atoms with Crippen molar-refractivity contribution in [1.29, 1.82) is 0 Å². The molecule has 0 spiro atoms. The van der Waals surface area contributed by atoms with Gasteiger partial charge in [0.05, 0.1) is 0 Å². The minimum atomic E-state index is -3.13. The highest BCUT2D eigenvalue weighted by Crippen LogP contribution is 2.18. The summed E-state index contributed by atoms with van der Waals surface area (Å²) in [7, 11) is -3.13. The van der Waals surface area contributed by atoms with E-state index in [1.165, 1.54) is 4.31 Å². The standard InChI is InChI=1S/C7H13NO2S/c1-3-11(9,10)8-5-4-7(2)6-8/h3,7H,1,4-6H2,2H3. The molecule has 4 heteroatoms. The van der Waals surface area contributed by atoms with Crippen molar-refractivity contribution in [3.05, 3.63) is 12.0 Å². The lowest BCUT2D eigenvalue weighted by Crippen LogP contribution is -2.26. The lowest BCUT2D eigenvalue weighted by atomic mass is 10.2. The van der Waals surface area contributed by atoms with E-state index in [1.54, 1.807) is 0 Å². The van der Waals surface area contributed by atoms with Crippen LogP contribution in [0.2, 0.25) is 0 Å². The van der Waals surface area contributed by atoms with Crippen LogP contribution in [0.5, 0.6) is 0 Å². The molecule has 11 heavy (non-hydrogen) atoms. The molecule has 0 bridgehead atoms. The smallest absolute Gasteiger partial charge is 0.208 e. The van der Waals surface area contributed by atoms with E-state index >= 15 is 0 Å². The van der Waals surface area contributed by atoms with E-state index in [9.17, 15) is 8.42 Å². The fraction of sp³-hybridized carbons (Fsp3) is 0.714. The molecule has 0 saturated carbocycles. The van der Waals surface area contributed by atoms with Gasteiger partial charge >= 0.3 is 0 Å². The average molecular weight is 175 g/mol. The predicted molar refractivity (Wildman–Crippen MR) is 44.5 cm³/mol. The molecule has 1 saturated heterocycles. The molecule has 0 aromatic heterocycles. The Labute approximate surface area is 67.8 Å². The molecule has 0 aromatic rings. The zero-order valence-electron chi connectivity index (χ0n) is 6.66. The van der Waals surface area contributed by atoms with E-state index in [1.807, 2.05) is 0 Å². The van der Waals surface area contributed by atoms with Gasteiger partial charge in [0.15, 0.2) is 0 Å². The van der Waals surface area contributed by atoms with Crippen LogP contribution in [0.4, 0.5) is 0 Å². The monoisotopic (exact) mass is 175 g/mol. The highest BCUT2D eigenvalue weighted by atomic mass is 32.2. The molecule has 0 N–H and O–H groups in total. The van der Waals surface area contributed by atoms with Gasteiger partial charge in [0, 0.05) is 18.5 Å². The van der Waals surface area contributed by atoms with Crippen molar-refractivity contribution in [3.63, 3.8) is 0 Å². The lowest BCUT2D eigenvalue weighted by Gasteiger charge is -2.11. The van der Waals surface area contributed by atoms with Crippen molar-refractivity contribution in [3.8, 4) is 0 Å². The second kappa shape index (κ2) is 2.95. The van der Waals surface area contributed by atoms with Gasteiger partial charge in [-0.15, -0.1) is 0 Å². The van der Waals surface area contributed by atoms with Crippen molar-refractivity contribution >= 4 is 10.0 Å². The van der Waals surface area contributed by atoms with Crippen LogP contribution in [0.3, 0.4) is 0 Å². The van der Waals surface area contributed by atoms with Gasteiger partial charge in [0.1, 0.15) is 0 Å². The van der Waals surface area contributed by atoms with E-state index in [4.69, 9.17) is 0 Å². The van der Waals surface area contributed by atoms with Gasteiger partial charge in [-0.1, -0.05) is 13.5 Å². The maximum absolute atomic E-state index is 11.2. The normalized spacial score (nSPS) is 27.2. The molecule has 0 aromatic carbocycles. The molecule has 1 fully saturated rings. The summed E-state index contributed by atoms with van der Waals surface area (Å²) in [6.45, 7) is 6.62. The summed E-state index contributed by atoms with van der Waals surface area (Å²) in [5, 5.41) is 1.02. The van der Waals surface area contributed by atoms with Gasteiger partial charge in [-0.05, 0) is 12.3 Å². The van der Waals surface area contributed by atoms with Crippen LogP contribution in [0.25, 0.3) is 0 Å². The lowest BCUT2D eigenvalue weighted by molar-refractivity contribution is 0.472. The van der Waals surface area contributed by atoms with Crippen LogP contribution in [0.15, 0.2) is 12.0 Å². The number of hydrogen-bond acceptors (Lipinski definition) is 2. The van der Waals surface area contributed by atoms with Crippen LogP contribution in [-0.4, -0.2) is 25.8 Å². The van der Waals surface area contributed by atoms with Crippen molar-refractivity contribution in [1.82, 2.24) is 4.31 Å². The first-order chi connectivity index (χ1) is 5.06. The summed E-state index contributed by atoms with van der Waals surface area (Å²) in [6, 6.07) is 0. The molecule has 1 heterocycles. The van der Waals surface area contributed by atoms with Crippen LogP contribution in [-0.2, 0) is 10.0 Å². The van der Waals surface area contributed by atoms with Gasteiger partial charge in [0.25, 0.3) is 0 Å². The van der Waals surface area contributed by atoms with E-state index in [0.29, 0.717) is 19.0 Å². The van der Waals surface area contributed by atoms with Crippen LogP contribution >= 0.6 is 0 Å². The average Bonchev–Trinajstić information content (AvgIpc) is 2.36. The predicted octanol–water partition coefficient (Wildman–Crippen LogP) is 0.801. The summed E-state index contributed by atoms with van der Waals surface area (Å²) in [5.74, 6) is 0.490. The molecule has 1 unspecified atom stereocenters. The highest BCUT2D eigenvalue weighted by molar-refractivity contribution is 7.92. The second-order valence-corrected chi connectivity index (χ2v) is 4.84. The zero-order chi connectivity index (χ0) is 8.48. The van der Waals surface area contributed by atoms with E-state index in [0.717, 1.165) is 11.8 Å². The first-order valence-corrected chi connectivity index (χ1v) is 5.19. The molecule has 3 nitrogen and oxygen atoms in total. The van der Waals surface area contributed by atoms with Crippen molar-refractivity contribution < 1.29 is 8.42 Å². The van der Waals surface area contributed by atoms with E-state index in [2.05, 4.69) is 13.5 Å². The molecule has 1 aliphatic rings. The fourth-order valence-electron chi connectivity index (χ4n) is 1.23. The van der Waals surface area contributed by atoms with Crippen LogP contribution in [0.1, 0.15) is 13.3 Å². The largest absolute Gasteiger partial charge is 0.235 e. The molecule has 0 radical (unpaired) electrons. The van der Waals surface area contributed by atoms with E-state index in [-0.39, 0.29) is 0 Å². The molecule has 0 aliphatic carbocycles. The minimum Gasteiger partial charge on any atom is -0.208 e. The highest BCUT2D eigenvalue weighted by Gasteiger charge is 2.26. The molecule has 1 rings (SSSR count). The maximum Gasteiger partial charge on any atom is 0.235 e. The molecule has 1 atom stereocenters. The Morgan fingerprint density at radius 2 is 2.27 bits per heavy atom. The van der Waals surface area contributed by atoms with Crippen LogP contribution in [0, 0.1) is 5.92 Å². The summed E-state index contributed by atoms with van der Waals surface area (Å²) >= 11 is 0. The molecular formula is C7H13NO2S. The van der Waals surface area contributed by atoms with Crippen molar-refractivity contribution in [2.45, 2.75) is 13.3 Å². The third-order valence-electron chi connectivity index (χ3n) is 1.96. The summed E-state index contributed by atoms with van der Waals surface area (Å²) in [5.41, 5.74) is 0. The summed E-state index contributed by atoms with van der Waals surface area (Å²) in [6.07, 6.45) is 0.965. The fourth-order valence-corrected chi connectivity index (χ4v) is 2.26. The number of hydrogen-bond donors (Lipinski definition) is 0. The topological polar surface area (TPSA) is 37.4 Å². The maximum atomic E-state index is 11.2. The summed E-state index contributed by atoms with van der Waals surface area (Å²) in [4.78, 5) is 0. The number of nitrogens with zero attached hydrogens (tertiary/aromatic N) is 1. The molecular weight excluding hydrogens is 162 g/mol. The Morgan fingerprint density at radius 1 is 1.64 bits per heavy atom. The van der Waals surface area contributed by atoms with Crippen LogP contribution < -0.4 is 0 Å². The Morgan fingerprint density at radius 3 is 2.64 bits per heavy atom. The Kier molecular flexibility index (Phi) is 2.34. The number of rotatable bonds is 2. The quantitative estimate of drug-likeness (QED) is 0.622.